The predicted molar refractivity (Wildman–Crippen MR) is 152 cm³/mol. The monoisotopic (exact) mass is 540 g/mol. The van der Waals surface area contributed by atoms with Crippen LogP contribution in [0.1, 0.15) is 22.3 Å². The lowest BCUT2D eigenvalue weighted by atomic mass is 9.98. The highest BCUT2D eigenvalue weighted by atomic mass is 16.6. The molecule has 0 aromatic heterocycles. The predicted octanol–water partition coefficient (Wildman–Crippen LogP) is 5.07. The Morgan fingerprint density at radius 2 is 0.875 bits per heavy atom. The number of hydrogen-bond acceptors (Lipinski definition) is 6. The molecule has 5 rings (SSSR count). The Morgan fingerprint density at radius 3 is 1.32 bits per heavy atom. The summed E-state index contributed by atoms with van der Waals surface area (Å²) in [5, 5.41) is 23.7. The molecular formula is C34H36O6. The Bertz CT molecular complexity index is 1270. The highest BCUT2D eigenvalue weighted by molar-refractivity contribution is 5.19. The zero-order valence-corrected chi connectivity index (χ0v) is 22.4. The highest BCUT2D eigenvalue weighted by Crippen LogP contribution is 2.39. The quantitative estimate of drug-likeness (QED) is 0.247. The molecule has 0 aliphatic heterocycles. The SMILES string of the molecule is O[C@H]1[C@H](OCc2ccccc2)[C@@H](OCc2ccccc2)[C@H](OCc2ccccc2)[C@]1(O)COCc1ccccc1. The third-order valence-corrected chi connectivity index (χ3v) is 7.23. The summed E-state index contributed by atoms with van der Waals surface area (Å²) in [7, 11) is 0. The highest BCUT2D eigenvalue weighted by Gasteiger charge is 2.62. The number of ether oxygens (including phenoxy) is 4. The van der Waals surface area contributed by atoms with Gasteiger partial charge in [0, 0.05) is 0 Å². The van der Waals surface area contributed by atoms with Crippen LogP contribution in [-0.4, -0.2) is 46.8 Å². The zero-order valence-electron chi connectivity index (χ0n) is 22.4. The van der Waals surface area contributed by atoms with Crippen molar-refractivity contribution in [1.82, 2.24) is 0 Å². The van der Waals surface area contributed by atoms with Gasteiger partial charge in [-0.05, 0) is 22.3 Å². The van der Waals surface area contributed by atoms with Gasteiger partial charge in [-0.1, -0.05) is 121 Å². The summed E-state index contributed by atoms with van der Waals surface area (Å²) in [6.45, 7) is 0.886. The molecule has 0 unspecified atom stereocenters. The first kappa shape index (κ1) is 28.2. The Labute approximate surface area is 235 Å². The molecule has 0 bridgehead atoms. The molecule has 0 amide bonds. The van der Waals surface area contributed by atoms with Gasteiger partial charge < -0.3 is 29.2 Å². The van der Waals surface area contributed by atoms with Gasteiger partial charge in [0.15, 0.2) is 0 Å². The minimum absolute atomic E-state index is 0.154. The first-order valence-electron chi connectivity index (χ1n) is 13.6. The molecule has 0 radical (unpaired) electrons. The fourth-order valence-corrected chi connectivity index (χ4v) is 5.06. The summed E-state index contributed by atoms with van der Waals surface area (Å²) in [5.41, 5.74) is 2.06. The van der Waals surface area contributed by atoms with Crippen molar-refractivity contribution in [2.45, 2.75) is 56.4 Å². The Morgan fingerprint density at radius 1 is 0.500 bits per heavy atom. The molecule has 4 aromatic rings. The molecule has 1 aliphatic carbocycles. The second-order valence-corrected chi connectivity index (χ2v) is 10.2. The van der Waals surface area contributed by atoms with Gasteiger partial charge in [0.1, 0.15) is 30.0 Å². The molecule has 5 atom stereocenters. The second kappa shape index (κ2) is 13.8. The van der Waals surface area contributed by atoms with Crippen LogP contribution in [0.25, 0.3) is 0 Å². The molecule has 6 heteroatoms. The fraction of sp³-hybridized carbons (Fsp3) is 0.294. The van der Waals surface area contributed by atoms with Gasteiger partial charge in [-0.2, -0.15) is 0 Å². The Hall–Kier alpha value is -3.36. The number of aliphatic hydroxyl groups is 2. The van der Waals surface area contributed by atoms with Crippen LogP contribution >= 0.6 is 0 Å². The minimum atomic E-state index is -1.77. The van der Waals surface area contributed by atoms with Gasteiger partial charge in [0.2, 0.25) is 0 Å². The summed E-state index contributed by atoms with van der Waals surface area (Å²) < 4.78 is 25.0. The van der Waals surface area contributed by atoms with Crippen LogP contribution in [0.2, 0.25) is 0 Å². The summed E-state index contributed by atoms with van der Waals surface area (Å²) in [6, 6.07) is 39.0. The smallest absolute Gasteiger partial charge is 0.145 e. The van der Waals surface area contributed by atoms with Crippen molar-refractivity contribution in [1.29, 1.82) is 0 Å². The van der Waals surface area contributed by atoms with E-state index in [1.165, 1.54) is 0 Å². The van der Waals surface area contributed by atoms with Crippen LogP contribution in [0, 0.1) is 0 Å². The molecule has 2 N–H and O–H groups in total. The van der Waals surface area contributed by atoms with Gasteiger partial charge >= 0.3 is 0 Å². The Kier molecular flexibility index (Phi) is 9.73. The summed E-state index contributed by atoms with van der Waals surface area (Å²) in [6.07, 6.45) is -3.83. The largest absolute Gasteiger partial charge is 0.387 e. The third-order valence-electron chi connectivity index (χ3n) is 7.23. The molecule has 0 spiro atoms. The molecule has 6 nitrogen and oxygen atoms in total. The van der Waals surface area contributed by atoms with E-state index in [0.717, 1.165) is 22.3 Å². The van der Waals surface area contributed by atoms with Gasteiger partial charge in [-0.25, -0.2) is 0 Å². The van der Waals surface area contributed by atoms with E-state index in [1.807, 2.05) is 121 Å². The lowest BCUT2D eigenvalue weighted by molar-refractivity contribution is -0.189. The van der Waals surface area contributed by atoms with Crippen molar-refractivity contribution in [3.8, 4) is 0 Å². The first-order chi connectivity index (χ1) is 19.6. The first-order valence-corrected chi connectivity index (χ1v) is 13.6. The van der Waals surface area contributed by atoms with Crippen LogP contribution < -0.4 is 0 Å². The number of benzene rings is 4. The lowest BCUT2D eigenvalue weighted by Crippen LogP contribution is -2.53. The van der Waals surface area contributed by atoms with Crippen LogP contribution in [0.3, 0.4) is 0 Å². The number of hydrogen-bond donors (Lipinski definition) is 2. The second-order valence-electron chi connectivity index (χ2n) is 10.2. The van der Waals surface area contributed by atoms with Gasteiger partial charge in [0.05, 0.1) is 33.0 Å². The molecular weight excluding hydrogens is 504 g/mol. The molecule has 1 aliphatic rings. The van der Waals surface area contributed by atoms with Crippen molar-refractivity contribution < 1.29 is 29.2 Å². The molecule has 0 heterocycles. The van der Waals surface area contributed by atoms with Crippen LogP contribution in [0.4, 0.5) is 0 Å². The molecule has 40 heavy (non-hydrogen) atoms. The van der Waals surface area contributed by atoms with E-state index < -0.39 is 30.0 Å². The normalized spacial score (nSPS) is 24.2. The van der Waals surface area contributed by atoms with Crippen LogP contribution in [-0.2, 0) is 45.4 Å². The van der Waals surface area contributed by atoms with Crippen LogP contribution in [0.5, 0.6) is 0 Å². The zero-order chi connectivity index (χ0) is 27.6. The minimum Gasteiger partial charge on any atom is -0.387 e. The standard InChI is InChI=1S/C34H36O6/c35-32-30(38-22-27-15-7-2-8-16-27)31(39-23-28-17-9-3-10-18-28)33(40-24-29-19-11-4-12-20-29)34(32,36)25-37-21-26-13-5-1-6-14-26/h1-20,30-33,35-36H,21-25H2/t30-,31-,32+,33+,34+/m1/s1. The maximum atomic E-state index is 12.1. The fourth-order valence-electron chi connectivity index (χ4n) is 5.06. The topological polar surface area (TPSA) is 77.4 Å². The van der Waals surface area contributed by atoms with Crippen molar-refractivity contribution >= 4 is 0 Å². The van der Waals surface area contributed by atoms with E-state index in [1.54, 1.807) is 0 Å². The molecule has 0 saturated heterocycles. The van der Waals surface area contributed by atoms with Crippen molar-refractivity contribution in [3.05, 3.63) is 144 Å². The number of rotatable bonds is 13. The van der Waals surface area contributed by atoms with Gasteiger partial charge in [-0.15, -0.1) is 0 Å². The van der Waals surface area contributed by atoms with Crippen molar-refractivity contribution in [2.24, 2.45) is 0 Å². The molecule has 1 saturated carbocycles. The summed E-state index contributed by atoms with van der Waals surface area (Å²) in [4.78, 5) is 0. The average molecular weight is 541 g/mol. The van der Waals surface area contributed by atoms with E-state index in [9.17, 15) is 10.2 Å². The van der Waals surface area contributed by atoms with E-state index in [4.69, 9.17) is 18.9 Å². The average Bonchev–Trinajstić information content (AvgIpc) is 3.20. The maximum Gasteiger partial charge on any atom is 0.145 e. The summed E-state index contributed by atoms with van der Waals surface area (Å²) in [5.74, 6) is 0. The molecule has 1 fully saturated rings. The van der Waals surface area contributed by atoms with Crippen molar-refractivity contribution in [3.63, 3.8) is 0 Å². The van der Waals surface area contributed by atoms with Gasteiger partial charge in [0.25, 0.3) is 0 Å². The lowest BCUT2D eigenvalue weighted by Gasteiger charge is -2.33. The van der Waals surface area contributed by atoms with Crippen molar-refractivity contribution in [2.75, 3.05) is 6.61 Å². The molecule has 4 aromatic carbocycles. The van der Waals surface area contributed by atoms with Gasteiger partial charge in [-0.3, -0.25) is 0 Å². The number of aliphatic hydroxyl groups excluding tert-OH is 1. The third kappa shape index (κ3) is 7.04. The summed E-state index contributed by atoms with van der Waals surface area (Å²) >= 11 is 0. The van der Waals surface area contributed by atoms with E-state index >= 15 is 0 Å². The maximum absolute atomic E-state index is 12.1. The van der Waals surface area contributed by atoms with E-state index in [2.05, 4.69) is 0 Å². The van der Waals surface area contributed by atoms with E-state index in [-0.39, 0.29) is 33.0 Å². The molecule has 208 valence electrons. The van der Waals surface area contributed by atoms with Crippen LogP contribution in [0.15, 0.2) is 121 Å². The Balaban J connectivity index is 1.40. The van der Waals surface area contributed by atoms with E-state index in [0.29, 0.717) is 0 Å².